The number of nitrogens with one attached hydrogen (secondary N) is 2. The molecule has 0 saturated carbocycles. The molecule has 0 atom stereocenters. The van der Waals surface area contributed by atoms with Crippen LogP contribution in [0.25, 0.3) is 0 Å². The molecule has 0 bridgehead atoms. The third-order valence-corrected chi connectivity index (χ3v) is 8.57. The minimum Gasteiger partial charge on any atom is -0.368 e. The molecule has 186 valence electrons. The number of nitrogens with zero attached hydrogens (tertiary/aromatic N) is 2. The Balaban J connectivity index is 0.00000324. The van der Waals surface area contributed by atoms with E-state index in [1.54, 1.807) is 16.4 Å². The lowest BCUT2D eigenvalue weighted by molar-refractivity contribution is 0.241. The smallest absolute Gasteiger partial charge is 0.243 e. The van der Waals surface area contributed by atoms with E-state index in [1.807, 2.05) is 12.1 Å². The van der Waals surface area contributed by atoms with Crippen LogP contribution in [-0.2, 0) is 23.0 Å². The molecule has 34 heavy (non-hydrogen) atoms. The summed E-state index contributed by atoms with van der Waals surface area (Å²) in [4.78, 5) is 5.18. The van der Waals surface area contributed by atoms with Gasteiger partial charge in [0.05, 0.1) is 17.0 Å². The largest absolute Gasteiger partial charge is 0.368 e. The van der Waals surface area contributed by atoms with E-state index in [0.29, 0.717) is 43.3 Å². The monoisotopic (exact) mass is 504 g/mol. The van der Waals surface area contributed by atoms with E-state index in [9.17, 15) is 8.42 Å². The van der Waals surface area contributed by atoms with Crippen molar-refractivity contribution >= 4 is 28.3 Å². The van der Waals surface area contributed by atoms with Crippen LogP contribution in [0.4, 0.5) is 0 Å². The third kappa shape index (κ3) is 6.00. The minimum absolute atomic E-state index is 0. The third-order valence-electron chi connectivity index (χ3n) is 6.66. The van der Waals surface area contributed by atoms with Gasteiger partial charge < -0.3 is 10.6 Å². The van der Waals surface area contributed by atoms with Crippen molar-refractivity contribution in [2.24, 2.45) is 10.9 Å². The van der Waals surface area contributed by atoms with E-state index >= 15 is 0 Å². The molecule has 2 N–H and O–H groups in total. The molecule has 1 spiro atoms. The van der Waals surface area contributed by atoms with E-state index in [-0.39, 0.29) is 17.9 Å². The number of piperidine rings is 1. The summed E-state index contributed by atoms with van der Waals surface area (Å²) in [5.74, 6) is 1.51. The number of hydrogen-bond acceptors (Lipinski definition) is 5. The van der Waals surface area contributed by atoms with Crippen LogP contribution in [0.1, 0.15) is 43.4 Å². The summed E-state index contributed by atoms with van der Waals surface area (Å²) >= 11 is 0. The SMILES string of the molecule is Cc1ccc(CNC2=NCCNC23CCN(S(=O)(=O)c2ccc(CC(C)C)cc2)CC3)cc1.Cl. The molecule has 2 aliphatic heterocycles. The Labute approximate surface area is 210 Å². The lowest BCUT2D eigenvalue weighted by Gasteiger charge is -2.44. The zero-order chi connectivity index (χ0) is 23.5. The van der Waals surface area contributed by atoms with E-state index in [4.69, 9.17) is 4.99 Å². The molecule has 0 aliphatic carbocycles. The number of aliphatic imine (C=N–C) groups is 1. The van der Waals surface area contributed by atoms with Crippen LogP contribution in [0.5, 0.6) is 0 Å². The zero-order valence-corrected chi connectivity index (χ0v) is 22.0. The molecule has 1 saturated heterocycles. The predicted octanol–water partition coefficient (Wildman–Crippen LogP) is 3.93. The van der Waals surface area contributed by atoms with Gasteiger partial charge in [-0.2, -0.15) is 4.31 Å². The molecule has 2 aliphatic rings. The molecular formula is C26H37ClN4O2S. The van der Waals surface area contributed by atoms with Gasteiger partial charge in [0, 0.05) is 26.2 Å². The first-order chi connectivity index (χ1) is 15.8. The number of sulfonamides is 1. The normalized spacial score (nSPS) is 18.4. The van der Waals surface area contributed by atoms with Gasteiger partial charge in [-0.25, -0.2) is 8.42 Å². The van der Waals surface area contributed by atoms with Crippen molar-refractivity contribution < 1.29 is 8.42 Å². The zero-order valence-electron chi connectivity index (χ0n) is 20.4. The van der Waals surface area contributed by atoms with Crippen molar-refractivity contribution in [2.45, 2.75) is 57.0 Å². The van der Waals surface area contributed by atoms with Crippen LogP contribution < -0.4 is 10.6 Å². The van der Waals surface area contributed by atoms with Crippen molar-refractivity contribution in [3.8, 4) is 0 Å². The summed E-state index contributed by atoms with van der Waals surface area (Å²) in [6.45, 7) is 9.66. The van der Waals surface area contributed by atoms with Crippen LogP contribution in [-0.4, -0.2) is 50.3 Å². The molecule has 6 nitrogen and oxygen atoms in total. The molecule has 0 amide bonds. The molecule has 2 aromatic rings. The molecule has 0 aromatic heterocycles. The summed E-state index contributed by atoms with van der Waals surface area (Å²) in [7, 11) is -3.49. The van der Waals surface area contributed by atoms with Gasteiger partial charge in [-0.15, -0.1) is 12.4 Å². The Hall–Kier alpha value is -1.93. The van der Waals surface area contributed by atoms with Gasteiger partial charge >= 0.3 is 0 Å². The van der Waals surface area contributed by atoms with Crippen LogP contribution in [0.3, 0.4) is 0 Å². The maximum absolute atomic E-state index is 13.3. The second-order valence-electron chi connectivity index (χ2n) is 9.72. The fraction of sp³-hybridized carbons (Fsp3) is 0.500. The first-order valence-corrected chi connectivity index (χ1v) is 13.4. The summed E-state index contributed by atoms with van der Waals surface area (Å²) in [6, 6.07) is 15.9. The van der Waals surface area contributed by atoms with Gasteiger partial charge in [-0.3, -0.25) is 4.99 Å². The molecule has 0 unspecified atom stereocenters. The van der Waals surface area contributed by atoms with Gasteiger partial charge in [0.1, 0.15) is 5.84 Å². The average Bonchev–Trinajstić information content (AvgIpc) is 2.80. The maximum Gasteiger partial charge on any atom is 0.243 e. The van der Waals surface area contributed by atoms with E-state index < -0.39 is 10.0 Å². The van der Waals surface area contributed by atoms with E-state index in [2.05, 4.69) is 55.7 Å². The fourth-order valence-electron chi connectivity index (χ4n) is 4.75. The molecule has 2 aromatic carbocycles. The first-order valence-electron chi connectivity index (χ1n) is 12.0. The fourth-order valence-corrected chi connectivity index (χ4v) is 6.20. The van der Waals surface area contributed by atoms with Crippen LogP contribution in [0, 0.1) is 12.8 Å². The molecule has 4 rings (SSSR count). The van der Waals surface area contributed by atoms with Crippen molar-refractivity contribution in [1.82, 2.24) is 14.9 Å². The summed E-state index contributed by atoms with van der Waals surface area (Å²) < 4.78 is 28.2. The lowest BCUT2D eigenvalue weighted by Crippen LogP contribution is -2.64. The number of hydrogen-bond donors (Lipinski definition) is 2. The Morgan fingerprint density at radius 2 is 1.65 bits per heavy atom. The molecule has 8 heteroatoms. The second-order valence-corrected chi connectivity index (χ2v) is 11.7. The van der Waals surface area contributed by atoms with Crippen LogP contribution >= 0.6 is 12.4 Å². The summed E-state index contributed by atoms with van der Waals surface area (Å²) in [5, 5.41) is 7.20. The van der Waals surface area contributed by atoms with Crippen molar-refractivity contribution in [2.75, 3.05) is 26.2 Å². The Kier molecular flexibility index (Phi) is 8.79. The minimum atomic E-state index is -3.49. The van der Waals surface area contributed by atoms with Gasteiger partial charge in [0.15, 0.2) is 0 Å². The quantitative estimate of drug-likeness (QED) is 0.625. The topological polar surface area (TPSA) is 73.8 Å². The van der Waals surface area contributed by atoms with Crippen molar-refractivity contribution in [3.63, 3.8) is 0 Å². The molecule has 1 fully saturated rings. The summed E-state index contributed by atoms with van der Waals surface area (Å²) in [5.41, 5.74) is 3.35. The Morgan fingerprint density at radius 3 is 2.26 bits per heavy atom. The number of rotatable bonds is 6. The van der Waals surface area contributed by atoms with E-state index in [0.717, 1.165) is 25.3 Å². The molecular weight excluding hydrogens is 468 g/mol. The Bertz CT molecular complexity index is 1070. The van der Waals surface area contributed by atoms with Gasteiger partial charge in [-0.05, 0) is 55.4 Å². The van der Waals surface area contributed by atoms with Gasteiger partial charge in [0.2, 0.25) is 10.0 Å². The number of halogens is 1. The molecule has 0 radical (unpaired) electrons. The second kappa shape index (κ2) is 11.2. The molecule has 2 heterocycles. The number of aryl methyl sites for hydroxylation is 1. The van der Waals surface area contributed by atoms with Crippen molar-refractivity contribution in [1.29, 1.82) is 0 Å². The average molecular weight is 505 g/mol. The predicted molar refractivity (Wildman–Crippen MR) is 141 cm³/mol. The number of amidine groups is 1. The highest BCUT2D eigenvalue weighted by Crippen LogP contribution is 2.29. The van der Waals surface area contributed by atoms with Gasteiger partial charge in [0.25, 0.3) is 0 Å². The highest BCUT2D eigenvalue weighted by molar-refractivity contribution is 7.89. The van der Waals surface area contributed by atoms with Crippen LogP contribution in [0.2, 0.25) is 0 Å². The standard InChI is InChI=1S/C26H36N4O2S.ClH/c1-20(2)18-22-8-10-24(11-9-22)33(31,32)30-16-12-26(13-17-30)25(27-14-15-29-26)28-19-23-6-4-21(3)5-7-23;/h4-11,20,29H,12-19H2,1-3H3,(H,27,28);1H. The summed E-state index contributed by atoms with van der Waals surface area (Å²) in [6.07, 6.45) is 2.37. The highest BCUT2D eigenvalue weighted by Gasteiger charge is 2.43. The van der Waals surface area contributed by atoms with Gasteiger partial charge in [-0.1, -0.05) is 55.8 Å². The highest BCUT2D eigenvalue weighted by atomic mass is 35.5. The van der Waals surface area contributed by atoms with Crippen molar-refractivity contribution in [3.05, 3.63) is 65.2 Å². The first kappa shape index (κ1) is 26.7. The van der Waals surface area contributed by atoms with E-state index in [1.165, 1.54) is 16.7 Å². The van der Waals surface area contributed by atoms with Crippen LogP contribution in [0.15, 0.2) is 58.4 Å². The maximum atomic E-state index is 13.3. The number of benzene rings is 2. The lowest BCUT2D eigenvalue weighted by atomic mass is 9.85. The Morgan fingerprint density at radius 1 is 1.03 bits per heavy atom.